The van der Waals surface area contributed by atoms with Gasteiger partial charge in [0.1, 0.15) is 16.5 Å². The van der Waals surface area contributed by atoms with Gasteiger partial charge < -0.3 is 9.88 Å². The van der Waals surface area contributed by atoms with E-state index in [1.54, 1.807) is 16.7 Å². The molecule has 1 amide bonds. The number of nitrogens with one attached hydrogen (secondary N) is 2. The molecule has 3 aromatic heterocycles. The Bertz CT molecular complexity index is 1230. The van der Waals surface area contributed by atoms with Crippen molar-refractivity contribution in [3.8, 4) is 0 Å². The number of halogens is 1. The summed E-state index contributed by atoms with van der Waals surface area (Å²) in [4.78, 5) is 14.1. The lowest BCUT2D eigenvalue weighted by Gasteiger charge is -2.04. The molecule has 0 spiro atoms. The van der Waals surface area contributed by atoms with Crippen molar-refractivity contribution in [2.75, 3.05) is 6.54 Å². The van der Waals surface area contributed by atoms with Gasteiger partial charge in [0.25, 0.3) is 5.91 Å². The highest BCUT2D eigenvalue weighted by Crippen LogP contribution is 2.28. The fourth-order valence-electron chi connectivity index (χ4n) is 3.07. The van der Waals surface area contributed by atoms with Gasteiger partial charge in [-0.3, -0.25) is 14.6 Å². The van der Waals surface area contributed by atoms with Crippen LogP contribution in [0.2, 0.25) is 0 Å². The number of amides is 1. The molecular formula is C19H19FN6OS2. The van der Waals surface area contributed by atoms with Gasteiger partial charge in [0.2, 0.25) is 0 Å². The molecule has 29 heavy (non-hydrogen) atoms. The second kappa shape index (κ2) is 7.88. The standard InChI is InChI=1S/C19H19FN6OS2/c1-11-14-9-15(17(27)21-8-7-16-22-23-19(28)25(16)2)29-18(14)26(24-11)10-12-3-5-13(20)6-4-12/h3-6,9H,7-8,10H2,1-2H3,(H,21,27)(H,23,28). The van der Waals surface area contributed by atoms with Crippen molar-refractivity contribution in [2.45, 2.75) is 19.9 Å². The van der Waals surface area contributed by atoms with Crippen LogP contribution in [-0.4, -0.2) is 37.0 Å². The molecule has 0 aliphatic heterocycles. The third-order valence-electron chi connectivity index (χ3n) is 4.68. The quantitative estimate of drug-likeness (QED) is 0.460. The predicted octanol–water partition coefficient (Wildman–Crippen LogP) is 3.36. The smallest absolute Gasteiger partial charge is 0.261 e. The van der Waals surface area contributed by atoms with Gasteiger partial charge in [-0.15, -0.1) is 11.3 Å². The number of H-pyrrole nitrogens is 1. The molecule has 0 bridgehead atoms. The third kappa shape index (κ3) is 3.99. The first-order valence-corrected chi connectivity index (χ1v) is 10.2. The first kappa shape index (κ1) is 19.5. The van der Waals surface area contributed by atoms with Gasteiger partial charge in [-0.05, 0) is 42.9 Å². The van der Waals surface area contributed by atoms with E-state index in [-0.39, 0.29) is 11.7 Å². The van der Waals surface area contributed by atoms with Crippen LogP contribution in [0.15, 0.2) is 30.3 Å². The van der Waals surface area contributed by atoms with E-state index < -0.39 is 0 Å². The van der Waals surface area contributed by atoms with Gasteiger partial charge in [-0.1, -0.05) is 12.1 Å². The number of carbonyl (C=O) groups is 1. The van der Waals surface area contributed by atoms with Crippen LogP contribution in [0.25, 0.3) is 10.2 Å². The molecule has 0 saturated heterocycles. The van der Waals surface area contributed by atoms with Crippen LogP contribution in [0, 0.1) is 17.5 Å². The van der Waals surface area contributed by atoms with Crippen molar-refractivity contribution >= 4 is 39.7 Å². The second-order valence-corrected chi connectivity index (χ2v) is 8.13. The van der Waals surface area contributed by atoms with Crippen LogP contribution in [0.5, 0.6) is 0 Å². The van der Waals surface area contributed by atoms with E-state index in [1.165, 1.54) is 23.5 Å². The molecule has 3 heterocycles. The fourth-order valence-corrected chi connectivity index (χ4v) is 4.30. The lowest BCUT2D eigenvalue weighted by molar-refractivity contribution is 0.0958. The zero-order valence-corrected chi connectivity index (χ0v) is 17.5. The molecule has 150 valence electrons. The Labute approximate surface area is 175 Å². The van der Waals surface area contributed by atoms with Crippen LogP contribution >= 0.6 is 23.6 Å². The molecule has 0 unspecified atom stereocenters. The van der Waals surface area contributed by atoms with E-state index in [4.69, 9.17) is 12.2 Å². The predicted molar refractivity (Wildman–Crippen MR) is 112 cm³/mol. The minimum atomic E-state index is -0.266. The number of benzene rings is 1. The fraction of sp³-hybridized carbons (Fsp3) is 0.263. The highest BCUT2D eigenvalue weighted by molar-refractivity contribution is 7.71. The van der Waals surface area contributed by atoms with E-state index in [1.807, 2.05) is 24.7 Å². The van der Waals surface area contributed by atoms with Crippen molar-refractivity contribution in [2.24, 2.45) is 7.05 Å². The summed E-state index contributed by atoms with van der Waals surface area (Å²) in [6.07, 6.45) is 0.581. The Morgan fingerprint density at radius 1 is 1.34 bits per heavy atom. The Hall–Kier alpha value is -2.85. The van der Waals surface area contributed by atoms with Gasteiger partial charge >= 0.3 is 0 Å². The molecule has 0 fully saturated rings. The van der Waals surface area contributed by atoms with Crippen molar-refractivity contribution in [1.29, 1.82) is 0 Å². The van der Waals surface area contributed by atoms with Crippen LogP contribution in [0.4, 0.5) is 4.39 Å². The molecule has 0 saturated carbocycles. The van der Waals surface area contributed by atoms with Crippen molar-refractivity contribution < 1.29 is 9.18 Å². The summed E-state index contributed by atoms with van der Waals surface area (Å²) >= 11 is 6.49. The highest BCUT2D eigenvalue weighted by Gasteiger charge is 2.16. The maximum atomic E-state index is 13.1. The average Bonchev–Trinajstić information content (AvgIpc) is 3.35. The molecule has 0 aliphatic carbocycles. The summed E-state index contributed by atoms with van der Waals surface area (Å²) < 4.78 is 17.3. The Morgan fingerprint density at radius 3 is 2.79 bits per heavy atom. The number of aryl methyl sites for hydroxylation is 1. The number of aromatic amines is 1. The summed E-state index contributed by atoms with van der Waals surface area (Å²) in [5, 5.41) is 15.3. The maximum absolute atomic E-state index is 13.1. The molecule has 0 atom stereocenters. The lowest BCUT2D eigenvalue weighted by atomic mass is 10.2. The van der Waals surface area contributed by atoms with Crippen LogP contribution < -0.4 is 5.32 Å². The molecular weight excluding hydrogens is 411 g/mol. The normalized spacial score (nSPS) is 11.3. The topological polar surface area (TPSA) is 80.5 Å². The number of aromatic nitrogens is 5. The monoisotopic (exact) mass is 430 g/mol. The molecule has 1 aromatic carbocycles. The minimum Gasteiger partial charge on any atom is -0.351 e. The summed E-state index contributed by atoms with van der Waals surface area (Å²) in [5.74, 6) is 0.395. The zero-order chi connectivity index (χ0) is 20.5. The molecule has 4 aromatic rings. The summed E-state index contributed by atoms with van der Waals surface area (Å²) in [7, 11) is 1.84. The number of nitrogens with zero attached hydrogens (tertiary/aromatic N) is 4. The molecule has 0 radical (unpaired) electrons. The van der Waals surface area contributed by atoms with Gasteiger partial charge in [-0.2, -0.15) is 10.2 Å². The van der Waals surface area contributed by atoms with Gasteiger partial charge in [0.15, 0.2) is 4.77 Å². The molecule has 0 aliphatic rings. The highest BCUT2D eigenvalue weighted by atomic mass is 32.1. The van der Waals surface area contributed by atoms with Crippen LogP contribution in [0.3, 0.4) is 0 Å². The summed E-state index contributed by atoms with van der Waals surface area (Å²) in [6.45, 7) is 2.90. The van der Waals surface area contributed by atoms with E-state index in [9.17, 15) is 9.18 Å². The number of fused-ring (bicyclic) bond motifs is 1. The third-order valence-corrected chi connectivity index (χ3v) is 6.20. The second-order valence-electron chi connectivity index (χ2n) is 6.71. The number of thiophene rings is 1. The maximum Gasteiger partial charge on any atom is 0.261 e. The Balaban J connectivity index is 1.48. The van der Waals surface area contributed by atoms with E-state index >= 15 is 0 Å². The lowest BCUT2D eigenvalue weighted by Crippen LogP contribution is -2.25. The molecule has 10 heteroatoms. The Kier molecular flexibility index (Phi) is 5.29. The molecule has 4 rings (SSSR count). The zero-order valence-electron chi connectivity index (χ0n) is 15.9. The van der Waals surface area contributed by atoms with Crippen molar-refractivity contribution in [3.63, 3.8) is 0 Å². The van der Waals surface area contributed by atoms with Crippen LogP contribution in [-0.2, 0) is 20.0 Å². The SMILES string of the molecule is Cc1nn(Cc2ccc(F)cc2)c2sc(C(=O)NCCc3n[nH]c(=S)n3C)cc12. The van der Waals surface area contributed by atoms with Gasteiger partial charge in [-0.25, -0.2) is 4.39 Å². The average molecular weight is 431 g/mol. The van der Waals surface area contributed by atoms with E-state index in [2.05, 4.69) is 20.6 Å². The molecule has 2 N–H and O–H groups in total. The molecule has 7 nitrogen and oxygen atoms in total. The number of hydrogen-bond donors (Lipinski definition) is 2. The summed E-state index contributed by atoms with van der Waals surface area (Å²) in [6, 6.07) is 8.22. The van der Waals surface area contributed by atoms with Crippen LogP contribution in [0.1, 0.15) is 26.8 Å². The first-order valence-electron chi connectivity index (χ1n) is 9.02. The number of hydrogen-bond acceptors (Lipinski definition) is 5. The van der Waals surface area contributed by atoms with E-state index in [0.29, 0.717) is 29.2 Å². The van der Waals surface area contributed by atoms with E-state index in [0.717, 1.165) is 27.3 Å². The van der Waals surface area contributed by atoms with Gasteiger partial charge in [0, 0.05) is 25.4 Å². The minimum absolute atomic E-state index is 0.129. The summed E-state index contributed by atoms with van der Waals surface area (Å²) in [5.41, 5.74) is 1.81. The number of carbonyl (C=O) groups excluding carboxylic acids is 1. The van der Waals surface area contributed by atoms with Crippen molar-refractivity contribution in [3.05, 3.63) is 62.9 Å². The number of rotatable bonds is 6. The Morgan fingerprint density at radius 2 is 2.10 bits per heavy atom. The van der Waals surface area contributed by atoms with Crippen molar-refractivity contribution in [1.82, 2.24) is 29.9 Å². The first-order chi connectivity index (χ1) is 13.9. The van der Waals surface area contributed by atoms with Gasteiger partial charge in [0.05, 0.1) is 17.1 Å². The largest absolute Gasteiger partial charge is 0.351 e.